The van der Waals surface area contributed by atoms with Gasteiger partial charge in [-0.1, -0.05) is 17.0 Å². The summed E-state index contributed by atoms with van der Waals surface area (Å²) in [6, 6.07) is 9.89. The van der Waals surface area contributed by atoms with Crippen LogP contribution in [-0.4, -0.2) is 55.4 Å². The van der Waals surface area contributed by atoms with E-state index >= 15 is 0 Å². The number of carboxylic acid groups (broad SMARTS) is 1. The Balaban J connectivity index is 1.14. The van der Waals surface area contributed by atoms with Gasteiger partial charge in [-0.15, -0.1) is 0 Å². The zero-order chi connectivity index (χ0) is 23.7. The maximum absolute atomic E-state index is 10.7. The number of carboxylic acids is 1. The highest BCUT2D eigenvalue weighted by molar-refractivity contribution is 5.66. The largest absolute Gasteiger partial charge is 0.481 e. The van der Waals surface area contributed by atoms with Gasteiger partial charge in [0.05, 0.1) is 6.54 Å². The van der Waals surface area contributed by atoms with Crippen LogP contribution < -0.4 is 0 Å². The third-order valence-electron chi connectivity index (χ3n) is 6.70. The highest BCUT2D eigenvalue weighted by atomic mass is 16.5. The van der Waals surface area contributed by atoms with Crippen LogP contribution in [0, 0.1) is 29.6 Å². The molecule has 2 aromatic heterocycles. The Morgan fingerprint density at radius 3 is 2.74 bits per heavy atom. The van der Waals surface area contributed by atoms with Crippen molar-refractivity contribution < 1.29 is 19.5 Å². The van der Waals surface area contributed by atoms with Crippen LogP contribution in [0.2, 0.25) is 0 Å². The van der Waals surface area contributed by atoms with Gasteiger partial charge < -0.3 is 24.2 Å². The summed E-state index contributed by atoms with van der Waals surface area (Å²) < 4.78 is 7.38. The molecule has 0 amide bonds. The summed E-state index contributed by atoms with van der Waals surface area (Å²) in [5.41, 5.74) is 2.67. The SMILES string of the molecule is C[C@H](O)c1nccn1Cc1cc(-c2ccc(C#C[C@H]3[C@H]4CN(CCCC(=O)O)C[C@@H]34)cc2)on1. The van der Waals surface area contributed by atoms with Gasteiger partial charge in [-0.25, -0.2) is 4.98 Å². The van der Waals surface area contributed by atoms with Gasteiger partial charge in [0, 0.05) is 55.0 Å². The van der Waals surface area contributed by atoms with Crippen molar-refractivity contribution in [3.63, 3.8) is 0 Å². The average Bonchev–Trinajstić information content (AvgIpc) is 3.30. The molecule has 8 nitrogen and oxygen atoms in total. The number of imidazole rings is 1. The van der Waals surface area contributed by atoms with Gasteiger partial charge in [0.25, 0.3) is 0 Å². The van der Waals surface area contributed by atoms with Crippen LogP contribution in [0.25, 0.3) is 11.3 Å². The maximum atomic E-state index is 10.7. The zero-order valence-corrected chi connectivity index (χ0v) is 19.1. The molecule has 5 rings (SSSR count). The maximum Gasteiger partial charge on any atom is 0.303 e. The summed E-state index contributed by atoms with van der Waals surface area (Å²) in [6.45, 7) is 5.11. The van der Waals surface area contributed by atoms with Crippen molar-refractivity contribution in [2.24, 2.45) is 17.8 Å². The van der Waals surface area contributed by atoms with Gasteiger partial charge in [-0.05, 0) is 56.0 Å². The third kappa shape index (κ3) is 4.91. The molecule has 1 aliphatic heterocycles. The normalized spacial score (nSPS) is 22.1. The van der Waals surface area contributed by atoms with Crippen molar-refractivity contribution in [1.29, 1.82) is 0 Å². The molecule has 2 fully saturated rings. The van der Waals surface area contributed by atoms with Crippen LogP contribution in [-0.2, 0) is 11.3 Å². The number of aromatic nitrogens is 3. The molecule has 3 heterocycles. The zero-order valence-electron chi connectivity index (χ0n) is 19.1. The first-order valence-electron chi connectivity index (χ1n) is 11.7. The van der Waals surface area contributed by atoms with Crippen LogP contribution in [0.1, 0.15) is 43.0 Å². The van der Waals surface area contributed by atoms with Crippen LogP contribution in [0.15, 0.2) is 47.2 Å². The minimum absolute atomic E-state index is 0.245. The minimum Gasteiger partial charge on any atom is -0.481 e. The second kappa shape index (κ2) is 9.45. The Morgan fingerprint density at radius 2 is 2.03 bits per heavy atom. The van der Waals surface area contributed by atoms with E-state index < -0.39 is 12.1 Å². The van der Waals surface area contributed by atoms with Crippen molar-refractivity contribution in [2.45, 2.75) is 32.4 Å². The number of rotatable bonds is 8. The van der Waals surface area contributed by atoms with E-state index in [9.17, 15) is 9.90 Å². The average molecular weight is 461 g/mol. The van der Waals surface area contributed by atoms with E-state index in [0.29, 0.717) is 35.9 Å². The number of aliphatic carboxylic acids is 1. The third-order valence-corrected chi connectivity index (χ3v) is 6.70. The highest BCUT2D eigenvalue weighted by Gasteiger charge is 2.54. The second-order valence-corrected chi connectivity index (χ2v) is 9.23. The van der Waals surface area contributed by atoms with Crippen LogP contribution in [0.3, 0.4) is 0 Å². The number of nitrogens with zero attached hydrogens (tertiary/aromatic N) is 4. The summed E-state index contributed by atoms with van der Waals surface area (Å²) in [5.74, 6) is 9.04. The molecule has 34 heavy (non-hydrogen) atoms. The van der Waals surface area contributed by atoms with E-state index in [1.54, 1.807) is 13.1 Å². The number of hydrogen-bond donors (Lipinski definition) is 2. The fourth-order valence-electron chi connectivity index (χ4n) is 4.87. The predicted molar refractivity (Wildman–Crippen MR) is 125 cm³/mol. The number of aliphatic hydroxyl groups is 1. The first-order chi connectivity index (χ1) is 16.5. The Bertz CT molecular complexity index is 1210. The number of fused-ring (bicyclic) bond motifs is 1. The number of piperidine rings is 1. The number of benzene rings is 1. The molecule has 1 saturated heterocycles. The molecule has 4 atom stereocenters. The van der Waals surface area contributed by atoms with Crippen molar-refractivity contribution in [3.8, 4) is 23.2 Å². The van der Waals surface area contributed by atoms with E-state index in [-0.39, 0.29) is 6.42 Å². The molecule has 176 valence electrons. The van der Waals surface area contributed by atoms with Gasteiger partial charge >= 0.3 is 5.97 Å². The Labute approximate surface area is 198 Å². The topological polar surface area (TPSA) is 105 Å². The van der Waals surface area contributed by atoms with Crippen molar-refractivity contribution in [2.75, 3.05) is 19.6 Å². The van der Waals surface area contributed by atoms with Crippen LogP contribution >= 0.6 is 0 Å². The van der Waals surface area contributed by atoms with E-state index in [1.807, 2.05) is 41.1 Å². The molecule has 3 aromatic rings. The van der Waals surface area contributed by atoms with Gasteiger partial charge in [-0.2, -0.15) is 0 Å². The van der Waals surface area contributed by atoms with Gasteiger partial charge in [-0.3, -0.25) is 4.79 Å². The number of carbonyl (C=O) groups is 1. The fourth-order valence-corrected chi connectivity index (χ4v) is 4.87. The molecule has 0 radical (unpaired) electrons. The quantitative estimate of drug-likeness (QED) is 0.498. The van der Waals surface area contributed by atoms with Gasteiger partial charge in [0.2, 0.25) is 0 Å². The summed E-state index contributed by atoms with van der Waals surface area (Å²) in [5, 5.41) is 22.7. The Hall–Kier alpha value is -3.41. The van der Waals surface area contributed by atoms with Gasteiger partial charge in [0.15, 0.2) is 5.76 Å². The molecule has 1 aromatic carbocycles. The molecule has 0 spiro atoms. The Kier molecular flexibility index (Phi) is 6.22. The molecule has 0 bridgehead atoms. The first-order valence-corrected chi connectivity index (χ1v) is 11.7. The summed E-state index contributed by atoms with van der Waals surface area (Å²) in [6.07, 6.45) is 3.80. The number of aliphatic hydroxyl groups excluding tert-OH is 1. The molecule has 2 N–H and O–H groups in total. The van der Waals surface area contributed by atoms with Crippen molar-refractivity contribution in [3.05, 3.63) is 59.8 Å². The van der Waals surface area contributed by atoms with Crippen LogP contribution in [0.4, 0.5) is 0 Å². The van der Waals surface area contributed by atoms with E-state index in [2.05, 4.69) is 26.9 Å². The van der Waals surface area contributed by atoms with E-state index in [1.165, 1.54) is 0 Å². The van der Waals surface area contributed by atoms with Crippen LogP contribution in [0.5, 0.6) is 0 Å². The summed E-state index contributed by atoms with van der Waals surface area (Å²) in [4.78, 5) is 17.2. The smallest absolute Gasteiger partial charge is 0.303 e. The molecule has 1 aliphatic carbocycles. The van der Waals surface area contributed by atoms with E-state index in [4.69, 9.17) is 9.63 Å². The number of hydrogen-bond acceptors (Lipinski definition) is 6. The molecule has 2 aliphatic rings. The van der Waals surface area contributed by atoms with Gasteiger partial charge in [0.1, 0.15) is 17.6 Å². The minimum atomic E-state index is -0.719. The molecule has 0 unspecified atom stereocenters. The molecular formula is C26H28N4O4. The molecule has 8 heteroatoms. The standard InChI is InChI=1S/C26H28N4O4/c1-17(31)26-27-10-12-30(26)14-20-13-24(34-28-20)19-7-4-18(5-8-19)6-9-21-22-15-29(16-23(21)22)11-2-3-25(32)33/h4-5,7-8,10,12-13,17,21-23,31H,2-3,11,14-16H2,1H3,(H,32,33)/t17-,21-,22+,23-/m0/s1. The Morgan fingerprint density at radius 1 is 1.26 bits per heavy atom. The lowest BCUT2D eigenvalue weighted by molar-refractivity contribution is -0.137. The lowest BCUT2D eigenvalue weighted by atomic mass is 10.1. The summed E-state index contributed by atoms with van der Waals surface area (Å²) >= 11 is 0. The lowest BCUT2D eigenvalue weighted by Crippen LogP contribution is -2.25. The second-order valence-electron chi connectivity index (χ2n) is 9.23. The fraction of sp³-hybridized carbons (Fsp3) is 0.423. The van der Waals surface area contributed by atoms with Crippen molar-refractivity contribution >= 4 is 5.97 Å². The predicted octanol–water partition coefficient (Wildman–Crippen LogP) is 3.03. The summed E-state index contributed by atoms with van der Waals surface area (Å²) in [7, 11) is 0. The number of likely N-dealkylation sites (tertiary alicyclic amines) is 1. The lowest BCUT2D eigenvalue weighted by Gasteiger charge is -2.17. The highest BCUT2D eigenvalue weighted by Crippen LogP contribution is 2.51. The van der Waals surface area contributed by atoms with Crippen molar-refractivity contribution in [1.82, 2.24) is 19.6 Å². The first kappa shape index (κ1) is 22.4. The molecular weight excluding hydrogens is 432 g/mol. The van der Waals surface area contributed by atoms with E-state index in [0.717, 1.165) is 42.9 Å². The molecule has 1 saturated carbocycles. The monoisotopic (exact) mass is 460 g/mol.